The molecule has 0 radical (unpaired) electrons. The molecular formula is C54H104O6. The minimum Gasteiger partial charge on any atom is -0.462 e. The van der Waals surface area contributed by atoms with Gasteiger partial charge in [-0.05, 0) is 31.1 Å². The largest absolute Gasteiger partial charge is 0.462 e. The first kappa shape index (κ1) is 58.4. The molecule has 0 rings (SSSR count). The molecule has 0 aliphatic carbocycles. The van der Waals surface area contributed by atoms with Gasteiger partial charge in [0.25, 0.3) is 0 Å². The lowest BCUT2D eigenvalue weighted by molar-refractivity contribution is -0.167. The third-order valence-electron chi connectivity index (χ3n) is 12.2. The fourth-order valence-corrected chi connectivity index (χ4v) is 8.17. The van der Waals surface area contributed by atoms with Crippen LogP contribution in [-0.4, -0.2) is 37.2 Å². The SMILES string of the molecule is CCCCCCCCCCCCCCCCCCC(=O)O[C@@H](COC(=O)CCCCCCCCCCCCCCC(C)C)COC(=O)CCCCCCCCCCC(C)C. The van der Waals surface area contributed by atoms with Gasteiger partial charge in [-0.3, -0.25) is 14.4 Å². The predicted octanol–water partition coefficient (Wildman–Crippen LogP) is 17.3. The van der Waals surface area contributed by atoms with Gasteiger partial charge in [-0.1, -0.05) is 259 Å². The van der Waals surface area contributed by atoms with Gasteiger partial charge >= 0.3 is 17.9 Å². The predicted molar refractivity (Wildman–Crippen MR) is 256 cm³/mol. The summed E-state index contributed by atoms with van der Waals surface area (Å²) in [4.78, 5) is 38.0. The van der Waals surface area contributed by atoms with Crippen molar-refractivity contribution in [2.75, 3.05) is 13.2 Å². The summed E-state index contributed by atoms with van der Waals surface area (Å²) in [5, 5.41) is 0. The monoisotopic (exact) mass is 849 g/mol. The van der Waals surface area contributed by atoms with Crippen LogP contribution in [0.1, 0.15) is 298 Å². The first-order valence-corrected chi connectivity index (χ1v) is 26.7. The van der Waals surface area contributed by atoms with Crippen molar-refractivity contribution >= 4 is 17.9 Å². The number of carbonyl (C=O) groups excluding carboxylic acids is 3. The lowest BCUT2D eigenvalue weighted by atomic mass is 10.0. The summed E-state index contributed by atoms with van der Waals surface area (Å²) in [6, 6.07) is 0. The van der Waals surface area contributed by atoms with Crippen LogP contribution in [0.4, 0.5) is 0 Å². The van der Waals surface area contributed by atoms with E-state index in [1.807, 2.05) is 0 Å². The van der Waals surface area contributed by atoms with Gasteiger partial charge in [0, 0.05) is 19.3 Å². The van der Waals surface area contributed by atoms with Crippen molar-refractivity contribution in [3.8, 4) is 0 Å². The van der Waals surface area contributed by atoms with Gasteiger partial charge in [0.05, 0.1) is 0 Å². The van der Waals surface area contributed by atoms with Crippen molar-refractivity contribution in [3.63, 3.8) is 0 Å². The molecule has 0 amide bonds. The molecule has 0 aliphatic rings. The van der Waals surface area contributed by atoms with Crippen LogP contribution in [0.2, 0.25) is 0 Å². The Morgan fingerprint density at radius 3 is 0.817 bits per heavy atom. The van der Waals surface area contributed by atoms with E-state index in [4.69, 9.17) is 14.2 Å². The summed E-state index contributed by atoms with van der Waals surface area (Å²) < 4.78 is 16.8. The smallest absolute Gasteiger partial charge is 0.306 e. The van der Waals surface area contributed by atoms with Gasteiger partial charge < -0.3 is 14.2 Å². The van der Waals surface area contributed by atoms with Gasteiger partial charge in [-0.25, -0.2) is 0 Å². The van der Waals surface area contributed by atoms with Crippen LogP contribution in [-0.2, 0) is 28.6 Å². The van der Waals surface area contributed by atoms with Crippen LogP contribution in [0, 0.1) is 11.8 Å². The van der Waals surface area contributed by atoms with Crippen LogP contribution in [0.25, 0.3) is 0 Å². The summed E-state index contributed by atoms with van der Waals surface area (Å²) in [5.74, 6) is 0.783. The minimum atomic E-state index is -0.762. The van der Waals surface area contributed by atoms with Crippen LogP contribution in [0.15, 0.2) is 0 Å². The molecule has 0 aliphatic heterocycles. The molecule has 0 N–H and O–H groups in total. The third-order valence-corrected chi connectivity index (χ3v) is 12.2. The summed E-state index contributed by atoms with van der Waals surface area (Å²) in [5.41, 5.74) is 0. The number of ether oxygens (including phenoxy) is 3. The molecule has 0 saturated heterocycles. The van der Waals surface area contributed by atoms with Crippen LogP contribution < -0.4 is 0 Å². The maximum absolute atomic E-state index is 12.8. The molecule has 60 heavy (non-hydrogen) atoms. The Bertz CT molecular complexity index is 916. The summed E-state index contributed by atoms with van der Waals surface area (Å²) in [6.07, 6.45) is 48.1. The van der Waals surface area contributed by atoms with Crippen molar-refractivity contribution in [3.05, 3.63) is 0 Å². The van der Waals surface area contributed by atoms with E-state index < -0.39 is 6.10 Å². The van der Waals surface area contributed by atoms with Crippen molar-refractivity contribution in [2.45, 2.75) is 304 Å². The Balaban J connectivity index is 4.30. The Morgan fingerprint density at radius 2 is 0.550 bits per heavy atom. The molecule has 0 saturated carbocycles. The molecule has 0 aromatic carbocycles. The van der Waals surface area contributed by atoms with E-state index in [1.54, 1.807) is 0 Å². The zero-order valence-electron chi connectivity index (χ0n) is 41.1. The molecule has 1 atom stereocenters. The summed E-state index contributed by atoms with van der Waals surface area (Å²) in [6.45, 7) is 11.4. The normalized spacial score (nSPS) is 12.1. The molecular weight excluding hydrogens is 745 g/mol. The fraction of sp³-hybridized carbons (Fsp3) is 0.944. The number of unbranched alkanes of at least 4 members (excludes halogenated alkanes) is 33. The van der Waals surface area contributed by atoms with Crippen molar-refractivity contribution in [1.29, 1.82) is 0 Å². The molecule has 6 nitrogen and oxygen atoms in total. The van der Waals surface area contributed by atoms with Gasteiger partial charge in [0.15, 0.2) is 6.10 Å². The number of rotatable bonds is 48. The highest BCUT2D eigenvalue weighted by molar-refractivity contribution is 5.71. The summed E-state index contributed by atoms with van der Waals surface area (Å²) in [7, 11) is 0. The average molecular weight is 849 g/mol. The van der Waals surface area contributed by atoms with E-state index in [1.165, 1.54) is 186 Å². The second-order valence-corrected chi connectivity index (χ2v) is 19.5. The Labute approximate surface area is 374 Å². The molecule has 0 fully saturated rings. The highest BCUT2D eigenvalue weighted by Gasteiger charge is 2.19. The molecule has 0 heterocycles. The molecule has 0 aromatic heterocycles. The van der Waals surface area contributed by atoms with Gasteiger partial charge in [-0.2, -0.15) is 0 Å². The number of hydrogen-bond acceptors (Lipinski definition) is 6. The van der Waals surface area contributed by atoms with Crippen molar-refractivity contribution in [2.24, 2.45) is 11.8 Å². The zero-order chi connectivity index (χ0) is 44.0. The number of hydrogen-bond donors (Lipinski definition) is 0. The molecule has 0 bridgehead atoms. The third kappa shape index (κ3) is 47.5. The first-order chi connectivity index (χ1) is 29.2. The number of esters is 3. The van der Waals surface area contributed by atoms with Crippen LogP contribution in [0.3, 0.4) is 0 Å². The van der Waals surface area contributed by atoms with Crippen LogP contribution >= 0.6 is 0 Å². The molecule has 6 heteroatoms. The van der Waals surface area contributed by atoms with E-state index in [2.05, 4.69) is 34.6 Å². The quantitative estimate of drug-likeness (QED) is 0.0345. The van der Waals surface area contributed by atoms with Crippen molar-refractivity contribution < 1.29 is 28.6 Å². The Kier molecular flexibility index (Phi) is 45.7. The van der Waals surface area contributed by atoms with Crippen LogP contribution in [0.5, 0.6) is 0 Å². The highest BCUT2D eigenvalue weighted by atomic mass is 16.6. The topological polar surface area (TPSA) is 78.9 Å². The second-order valence-electron chi connectivity index (χ2n) is 19.5. The highest BCUT2D eigenvalue weighted by Crippen LogP contribution is 2.17. The van der Waals surface area contributed by atoms with Crippen molar-refractivity contribution in [1.82, 2.24) is 0 Å². The Hall–Kier alpha value is -1.59. The zero-order valence-corrected chi connectivity index (χ0v) is 41.1. The number of carbonyl (C=O) groups is 3. The van der Waals surface area contributed by atoms with E-state index in [9.17, 15) is 14.4 Å². The standard InChI is InChI=1S/C54H104O6/c1-6-7-8-9-10-11-12-13-14-15-16-21-24-31-36-41-46-54(57)60-51(48-59-53(56)45-40-35-30-26-25-28-33-38-43-50(4)5)47-58-52(55)44-39-34-29-23-20-18-17-19-22-27-32-37-42-49(2)3/h49-51H,6-48H2,1-5H3/t51-/m0/s1. The van der Waals surface area contributed by atoms with Gasteiger partial charge in [0.2, 0.25) is 0 Å². The lowest BCUT2D eigenvalue weighted by Crippen LogP contribution is -2.30. The molecule has 0 unspecified atom stereocenters. The summed E-state index contributed by atoms with van der Waals surface area (Å²) >= 11 is 0. The maximum Gasteiger partial charge on any atom is 0.306 e. The Morgan fingerprint density at radius 1 is 0.317 bits per heavy atom. The molecule has 0 aromatic rings. The van der Waals surface area contributed by atoms with E-state index in [0.29, 0.717) is 19.3 Å². The van der Waals surface area contributed by atoms with E-state index in [-0.39, 0.29) is 31.1 Å². The first-order valence-electron chi connectivity index (χ1n) is 26.7. The fourth-order valence-electron chi connectivity index (χ4n) is 8.17. The average Bonchev–Trinajstić information content (AvgIpc) is 3.22. The molecule has 0 spiro atoms. The second kappa shape index (κ2) is 46.9. The maximum atomic E-state index is 12.8. The van der Waals surface area contributed by atoms with Gasteiger partial charge in [-0.15, -0.1) is 0 Å². The minimum absolute atomic E-state index is 0.0638. The van der Waals surface area contributed by atoms with Gasteiger partial charge in [0.1, 0.15) is 13.2 Å². The van der Waals surface area contributed by atoms with E-state index in [0.717, 1.165) is 69.6 Å². The van der Waals surface area contributed by atoms with E-state index >= 15 is 0 Å². The molecule has 356 valence electrons. The lowest BCUT2D eigenvalue weighted by Gasteiger charge is -2.18.